The predicted octanol–water partition coefficient (Wildman–Crippen LogP) is 3.47. The van der Waals surface area contributed by atoms with Crippen molar-refractivity contribution in [2.45, 2.75) is 0 Å². The molecule has 0 spiro atoms. The van der Waals surface area contributed by atoms with Gasteiger partial charge in [0.1, 0.15) is 0 Å². The molecule has 1 saturated heterocycles. The van der Waals surface area contributed by atoms with Crippen molar-refractivity contribution in [1.29, 1.82) is 0 Å². The molecule has 2 aromatic carbocycles. The average Bonchev–Trinajstić information content (AvgIpc) is 2.49. The zero-order chi connectivity index (χ0) is 13.1. The lowest BCUT2D eigenvalue weighted by Crippen LogP contribution is -2.46. The lowest BCUT2D eigenvalue weighted by molar-refractivity contribution is 0.653. The number of benzene rings is 2. The number of rotatable bonds is 2. The van der Waals surface area contributed by atoms with Crippen LogP contribution in [0.5, 0.6) is 0 Å². The van der Waals surface area contributed by atoms with Crippen LogP contribution in [0.1, 0.15) is 0 Å². The van der Waals surface area contributed by atoms with Gasteiger partial charge in [0.05, 0.1) is 0 Å². The highest BCUT2D eigenvalue weighted by Gasteiger charge is 2.17. The molecule has 1 radical (unpaired) electrons. The van der Waals surface area contributed by atoms with Gasteiger partial charge in [-0.2, -0.15) is 0 Å². The van der Waals surface area contributed by atoms with Gasteiger partial charge in [-0.05, 0) is 30.3 Å². The fraction of sp³-hybridized carbons (Fsp3) is 0.250. The van der Waals surface area contributed by atoms with E-state index in [0.717, 1.165) is 31.2 Å². The Kier molecular flexibility index (Phi) is 3.60. The van der Waals surface area contributed by atoms with Crippen LogP contribution in [0.3, 0.4) is 0 Å². The highest BCUT2D eigenvalue weighted by molar-refractivity contribution is 6.30. The molecule has 97 valence electrons. The Bertz CT molecular complexity index is 516. The van der Waals surface area contributed by atoms with Crippen molar-refractivity contribution in [2.75, 3.05) is 36.0 Å². The van der Waals surface area contributed by atoms with Crippen LogP contribution >= 0.6 is 11.6 Å². The number of halogens is 1. The molecule has 0 N–H and O–H groups in total. The lowest BCUT2D eigenvalue weighted by Gasteiger charge is -2.37. The van der Waals surface area contributed by atoms with Crippen LogP contribution in [0.4, 0.5) is 11.4 Å². The number of anilines is 2. The van der Waals surface area contributed by atoms with Gasteiger partial charge in [-0.15, -0.1) is 0 Å². The van der Waals surface area contributed by atoms with E-state index in [4.69, 9.17) is 11.6 Å². The maximum atomic E-state index is 5.92. The summed E-state index contributed by atoms with van der Waals surface area (Å²) in [6.45, 7) is 4.13. The molecule has 1 aliphatic rings. The molecular weight excluding hydrogens is 256 g/mol. The first-order valence-corrected chi connectivity index (χ1v) is 6.93. The normalized spacial score (nSPS) is 15.6. The van der Waals surface area contributed by atoms with Gasteiger partial charge in [-0.1, -0.05) is 29.8 Å². The van der Waals surface area contributed by atoms with E-state index in [9.17, 15) is 0 Å². The third-order valence-electron chi connectivity index (χ3n) is 3.50. The molecule has 0 aliphatic carbocycles. The summed E-state index contributed by atoms with van der Waals surface area (Å²) in [7, 11) is 0. The van der Waals surface area contributed by atoms with Crippen LogP contribution in [-0.2, 0) is 0 Å². The first kappa shape index (κ1) is 12.4. The Morgan fingerprint density at radius 1 is 0.842 bits per heavy atom. The van der Waals surface area contributed by atoms with Crippen molar-refractivity contribution in [3.63, 3.8) is 0 Å². The van der Waals surface area contributed by atoms with Gasteiger partial charge >= 0.3 is 0 Å². The van der Waals surface area contributed by atoms with Crippen LogP contribution in [0.25, 0.3) is 0 Å². The number of piperazine rings is 1. The van der Waals surface area contributed by atoms with E-state index >= 15 is 0 Å². The molecule has 1 heterocycles. The minimum atomic E-state index is 0.793. The van der Waals surface area contributed by atoms with Gasteiger partial charge in [0, 0.05) is 48.6 Å². The second kappa shape index (κ2) is 5.54. The maximum absolute atomic E-state index is 5.92. The van der Waals surface area contributed by atoms with Crippen LogP contribution in [-0.4, -0.2) is 26.2 Å². The fourth-order valence-electron chi connectivity index (χ4n) is 2.44. The summed E-state index contributed by atoms with van der Waals surface area (Å²) in [5.74, 6) is 0. The second-order valence-corrected chi connectivity index (χ2v) is 5.13. The van der Waals surface area contributed by atoms with Crippen molar-refractivity contribution < 1.29 is 0 Å². The van der Waals surface area contributed by atoms with E-state index < -0.39 is 0 Å². The van der Waals surface area contributed by atoms with Crippen molar-refractivity contribution >= 4 is 23.0 Å². The zero-order valence-corrected chi connectivity index (χ0v) is 11.5. The number of hydrogen-bond donors (Lipinski definition) is 0. The van der Waals surface area contributed by atoms with Crippen LogP contribution in [0.15, 0.2) is 48.5 Å². The summed E-state index contributed by atoms with van der Waals surface area (Å²) < 4.78 is 0. The average molecular weight is 272 g/mol. The largest absolute Gasteiger partial charge is 0.368 e. The SMILES string of the molecule is Clc1ccc(N2CCN(c3[c]cccc3)CC2)cc1. The Balaban J connectivity index is 1.65. The zero-order valence-electron chi connectivity index (χ0n) is 10.7. The van der Waals surface area contributed by atoms with Gasteiger partial charge in [0.25, 0.3) is 0 Å². The van der Waals surface area contributed by atoms with Crippen molar-refractivity contribution in [1.82, 2.24) is 0 Å². The van der Waals surface area contributed by atoms with E-state index in [1.54, 1.807) is 0 Å². The Morgan fingerprint density at radius 3 is 2.16 bits per heavy atom. The molecule has 2 aromatic rings. The molecular formula is C16H16ClN2. The van der Waals surface area contributed by atoms with Gasteiger partial charge in [0.15, 0.2) is 0 Å². The van der Waals surface area contributed by atoms with Crippen molar-refractivity contribution in [2.24, 2.45) is 0 Å². The smallest absolute Gasteiger partial charge is 0.0447 e. The molecule has 1 fully saturated rings. The first-order valence-electron chi connectivity index (χ1n) is 6.55. The standard InChI is InChI=1S/C16H16ClN2/c17-14-6-8-16(9-7-14)19-12-10-18(11-13-19)15-4-2-1-3-5-15/h1-4,6-9H,10-13H2. The quantitative estimate of drug-likeness (QED) is 0.825. The number of nitrogens with zero attached hydrogens (tertiary/aromatic N) is 2. The molecule has 0 saturated carbocycles. The first-order chi connectivity index (χ1) is 9.33. The summed E-state index contributed by atoms with van der Waals surface area (Å²) >= 11 is 5.92. The van der Waals surface area contributed by atoms with Crippen LogP contribution in [0.2, 0.25) is 5.02 Å². The molecule has 0 aromatic heterocycles. The highest BCUT2D eigenvalue weighted by Crippen LogP contribution is 2.21. The minimum absolute atomic E-state index is 0.793. The Hall–Kier alpha value is -1.67. The molecule has 2 nitrogen and oxygen atoms in total. The summed E-state index contributed by atoms with van der Waals surface area (Å²) in [5, 5.41) is 0.793. The summed E-state index contributed by atoms with van der Waals surface area (Å²) in [4.78, 5) is 4.78. The molecule has 0 amide bonds. The lowest BCUT2D eigenvalue weighted by atomic mass is 10.2. The Labute approximate surface area is 119 Å². The van der Waals surface area contributed by atoms with E-state index in [-0.39, 0.29) is 0 Å². The van der Waals surface area contributed by atoms with E-state index in [2.05, 4.69) is 40.1 Å². The summed E-state index contributed by atoms with van der Waals surface area (Å²) in [6, 6.07) is 19.5. The van der Waals surface area contributed by atoms with E-state index in [1.807, 2.05) is 24.3 Å². The predicted molar refractivity (Wildman–Crippen MR) is 81.2 cm³/mol. The van der Waals surface area contributed by atoms with Gasteiger partial charge in [-0.3, -0.25) is 0 Å². The van der Waals surface area contributed by atoms with E-state index in [1.165, 1.54) is 11.4 Å². The summed E-state index contributed by atoms with van der Waals surface area (Å²) in [6.07, 6.45) is 0. The van der Waals surface area contributed by atoms with Gasteiger partial charge < -0.3 is 9.80 Å². The van der Waals surface area contributed by atoms with Crippen molar-refractivity contribution in [3.8, 4) is 0 Å². The van der Waals surface area contributed by atoms with Crippen LogP contribution in [0, 0.1) is 6.07 Å². The number of para-hydroxylation sites is 1. The molecule has 0 bridgehead atoms. The molecule has 0 atom stereocenters. The third kappa shape index (κ3) is 2.85. The van der Waals surface area contributed by atoms with Crippen LogP contribution < -0.4 is 9.80 Å². The molecule has 1 aliphatic heterocycles. The molecule has 19 heavy (non-hydrogen) atoms. The van der Waals surface area contributed by atoms with Crippen molar-refractivity contribution in [3.05, 3.63) is 59.6 Å². The molecule has 3 heteroatoms. The number of hydrogen-bond acceptors (Lipinski definition) is 2. The summed E-state index contributed by atoms with van der Waals surface area (Å²) in [5.41, 5.74) is 2.44. The van der Waals surface area contributed by atoms with Gasteiger partial charge in [-0.25, -0.2) is 0 Å². The van der Waals surface area contributed by atoms with Gasteiger partial charge in [0.2, 0.25) is 0 Å². The third-order valence-corrected chi connectivity index (χ3v) is 3.76. The Morgan fingerprint density at radius 2 is 1.53 bits per heavy atom. The topological polar surface area (TPSA) is 6.48 Å². The maximum Gasteiger partial charge on any atom is 0.0447 e. The minimum Gasteiger partial charge on any atom is -0.368 e. The second-order valence-electron chi connectivity index (χ2n) is 4.70. The monoisotopic (exact) mass is 271 g/mol. The highest BCUT2D eigenvalue weighted by atomic mass is 35.5. The molecule has 3 rings (SSSR count). The van der Waals surface area contributed by atoms with E-state index in [0.29, 0.717) is 0 Å². The fourth-order valence-corrected chi connectivity index (χ4v) is 2.56. The molecule has 0 unspecified atom stereocenters.